The van der Waals surface area contributed by atoms with Crippen LogP contribution in [0, 0.1) is 0 Å². The number of rotatable bonds is 2. The van der Waals surface area contributed by atoms with Crippen molar-refractivity contribution in [2.45, 2.75) is 24.1 Å². The molecule has 0 aliphatic carbocycles. The molecule has 0 bridgehead atoms. The van der Waals surface area contributed by atoms with Gasteiger partial charge in [0, 0.05) is 6.04 Å². The largest absolute Gasteiger partial charge is 0.362 e. The number of nitrogens with zero attached hydrogens (tertiary/aromatic N) is 2. The number of likely N-dealkylation sites (tertiary alicyclic amines) is 1. The molecule has 1 saturated heterocycles. The van der Waals surface area contributed by atoms with Crippen molar-refractivity contribution in [2.75, 3.05) is 26.7 Å². The lowest BCUT2D eigenvalue weighted by Gasteiger charge is -2.29. The van der Waals surface area contributed by atoms with Crippen LogP contribution in [0.3, 0.4) is 0 Å². The maximum Gasteiger partial charge on any atom is 0.157 e. The van der Waals surface area contributed by atoms with E-state index in [-0.39, 0.29) is 0 Å². The molecule has 3 nitrogen and oxygen atoms in total. The number of aliphatic imine (C=N–C) groups is 1. The Kier molecular flexibility index (Phi) is 4.09. The van der Waals surface area contributed by atoms with Gasteiger partial charge in [-0.05, 0) is 38.5 Å². The molecule has 3 rings (SSSR count). The Hall–Kier alpha value is -1.00. The minimum atomic E-state index is 0.495. The molecule has 102 valence electrons. The van der Waals surface area contributed by atoms with E-state index in [1.54, 1.807) is 0 Å². The standard InChI is InChI=1S/C15H21N3S/c1-18-9-7-13(8-10-18)17-15-16-11-14(19-15)12-5-3-2-4-6-12/h2-6,13-14H,7-11H2,1H3,(H,16,17). The summed E-state index contributed by atoms with van der Waals surface area (Å²) in [5.41, 5.74) is 1.39. The van der Waals surface area contributed by atoms with Gasteiger partial charge in [0.2, 0.25) is 0 Å². The number of amidine groups is 1. The van der Waals surface area contributed by atoms with Gasteiger partial charge in [-0.1, -0.05) is 42.1 Å². The molecule has 1 atom stereocenters. The Labute approximate surface area is 119 Å². The van der Waals surface area contributed by atoms with E-state index < -0.39 is 0 Å². The van der Waals surface area contributed by atoms with Gasteiger partial charge < -0.3 is 10.2 Å². The van der Waals surface area contributed by atoms with Crippen LogP contribution in [0.1, 0.15) is 23.7 Å². The SMILES string of the molecule is CN1CCC(NC2=NCC(c3ccccc3)S2)CC1. The van der Waals surface area contributed by atoms with E-state index in [1.165, 1.54) is 31.5 Å². The summed E-state index contributed by atoms with van der Waals surface area (Å²) < 4.78 is 0. The maximum atomic E-state index is 4.66. The highest BCUT2D eigenvalue weighted by Gasteiger charge is 2.24. The number of hydrogen-bond donors (Lipinski definition) is 1. The summed E-state index contributed by atoms with van der Waals surface area (Å²) in [6.45, 7) is 3.29. The van der Waals surface area contributed by atoms with Crippen molar-refractivity contribution in [1.82, 2.24) is 10.2 Å². The number of nitrogens with one attached hydrogen (secondary N) is 1. The molecule has 0 spiro atoms. The Balaban J connectivity index is 1.52. The van der Waals surface area contributed by atoms with Gasteiger partial charge in [0.05, 0.1) is 11.8 Å². The molecule has 2 aliphatic rings. The number of piperidine rings is 1. The van der Waals surface area contributed by atoms with Crippen molar-refractivity contribution >= 4 is 16.9 Å². The van der Waals surface area contributed by atoms with Gasteiger partial charge in [0.25, 0.3) is 0 Å². The fourth-order valence-corrected chi connectivity index (χ4v) is 3.72. The molecule has 19 heavy (non-hydrogen) atoms. The first-order chi connectivity index (χ1) is 9.31. The van der Waals surface area contributed by atoms with Gasteiger partial charge >= 0.3 is 0 Å². The average Bonchev–Trinajstić information content (AvgIpc) is 2.91. The van der Waals surface area contributed by atoms with Gasteiger partial charge in [0.1, 0.15) is 0 Å². The lowest BCUT2D eigenvalue weighted by atomic mass is 10.1. The zero-order valence-electron chi connectivity index (χ0n) is 11.4. The van der Waals surface area contributed by atoms with Crippen LogP contribution in [-0.4, -0.2) is 42.8 Å². The Morgan fingerprint density at radius 3 is 2.68 bits per heavy atom. The van der Waals surface area contributed by atoms with Gasteiger partial charge in [-0.15, -0.1) is 0 Å². The quantitative estimate of drug-likeness (QED) is 0.899. The van der Waals surface area contributed by atoms with E-state index in [0.29, 0.717) is 11.3 Å². The second-order valence-electron chi connectivity index (χ2n) is 5.38. The minimum absolute atomic E-state index is 0.495. The number of benzene rings is 1. The molecule has 1 unspecified atom stereocenters. The van der Waals surface area contributed by atoms with Gasteiger partial charge in [0.15, 0.2) is 5.17 Å². The molecule has 1 aromatic carbocycles. The van der Waals surface area contributed by atoms with Crippen LogP contribution in [0.25, 0.3) is 0 Å². The third-order valence-corrected chi connectivity index (χ3v) is 5.05. The van der Waals surface area contributed by atoms with E-state index in [0.717, 1.165) is 11.7 Å². The lowest BCUT2D eigenvalue weighted by Crippen LogP contribution is -2.42. The number of thioether (sulfide) groups is 1. The maximum absolute atomic E-state index is 4.66. The van der Waals surface area contributed by atoms with Crippen LogP contribution in [0.4, 0.5) is 0 Å². The summed E-state index contributed by atoms with van der Waals surface area (Å²) in [5.74, 6) is 0. The predicted octanol–water partition coefficient (Wildman–Crippen LogP) is 2.51. The molecular formula is C15H21N3S. The van der Waals surface area contributed by atoms with Crippen LogP contribution < -0.4 is 5.32 Å². The summed E-state index contributed by atoms with van der Waals surface area (Å²) in [5, 5.41) is 5.26. The molecule has 2 aliphatic heterocycles. The Morgan fingerprint density at radius 2 is 1.95 bits per heavy atom. The van der Waals surface area contributed by atoms with Gasteiger partial charge in [-0.25, -0.2) is 0 Å². The van der Waals surface area contributed by atoms with Crippen molar-refractivity contribution in [3.05, 3.63) is 35.9 Å². The van der Waals surface area contributed by atoms with Crippen molar-refractivity contribution in [3.8, 4) is 0 Å². The monoisotopic (exact) mass is 275 g/mol. The zero-order valence-corrected chi connectivity index (χ0v) is 12.2. The average molecular weight is 275 g/mol. The number of hydrogen-bond acceptors (Lipinski definition) is 4. The third-order valence-electron chi connectivity index (χ3n) is 3.87. The fourth-order valence-electron chi connectivity index (χ4n) is 2.62. The summed E-state index contributed by atoms with van der Waals surface area (Å²) >= 11 is 1.88. The van der Waals surface area contributed by atoms with Crippen LogP contribution in [0.2, 0.25) is 0 Å². The molecule has 4 heteroatoms. The summed E-state index contributed by atoms with van der Waals surface area (Å²) in [7, 11) is 2.20. The van der Waals surface area contributed by atoms with Crippen LogP contribution in [0.5, 0.6) is 0 Å². The van der Waals surface area contributed by atoms with Crippen molar-refractivity contribution in [2.24, 2.45) is 4.99 Å². The van der Waals surface area contributed by atoms with E-state index in [1.807, 2.05) is 11.8 Å². The minimum Gasteiger partial charge on any atom is -0.362 e. The van der Waals surface area contributed by atoms with Crippen LogP contribution in [-0.2, 0) is 0 Å². The van der Waals surface area contributed by atoms with E-state index >= 15 is 0 Å². The zero-order chi connectivity index (χ0) is 13.1. The molecule has 1 aromatic rings. The normalized spacial score (nSPS) is 25.3. The second kappa shape index (κ2) is 5.97. The van der Waals surface area contributed by atoms with Crippen LogP contribution >= 0.6 is 11.8 Å². The van der Waals surface area contributed by atoms with E-state index in [4.69, 9.17) is 0 Å². The summed E-state index contributed by atoms with van der Waals surface area (Å²) in [4.78, 5) is 7.06. The first-order valence-corrected chi connectivity index (χ1v) is 7.90. The second-order valence-corrected chi connectivity index (χ2v) is 6.58. The predicted molar refractivity (Wildman–Crippen MR) is 82.7 cm³/mol. The summed E-state index contributed by atoms with van der Waals surface area (Å²) in [6.07, 6.45) is 2.46. The first kappa shape index (κ1) is 13.0. The molecule has 0 saturated carbocycles. The highest BCUT2D eigenvalue weighted by atomic mass is 32.2. The van der Waals surface area contributed by atoms with Gasteiger partial charge in [-0.3, -0.25) is 4.99 Å². The first-order valence-electron chi connectivity index (χ1n) is 7.02. The Bertz CT molecular complexity index is 438. The molecule has 0 amide bonds. The topological polar surface area (TPSA) is 27.6 Å². The molecule has 1 fully saturated rings. The molecule has 2 heterocycles. The fraction of sp³-hybridized carbons (Fsp3) is 0.533. The van der Waals surface area contributed by atoms with Gasteiger partial charge in [-0.2, -0.15) is 0 Å². The summed E-state index contributed by atoms with van der Waals surface area (Å²) in [6, 6.07) is 11.3. The Morgan fingerprint density at radius 1 is 1.21 bits per heavy atom. The molecule has 1 N–H and O–H groups in total. The van der Waals surface area contributed by atoms with Crippen molar-refractivity contribution in [3.63, 3.8) is 0 Å². The molecule has 0 radical (unpaired) electrons. The molecule has 0 aromatic heterocycles. The molecular weight excluding hydrogens is 254 g/mol. The highest BCUT2D eigenvalue weighted by Crippen LogP contribution is 2.34. The lowest BCUT2D eigenvalue weighted by molar-refractivity contribution is 0.247. The van der Waals surface area contributed by atoms with E-state index in [2.05, 4.69) is 52.6 Å². The smallest absolute Gasteiger partial charge is 0.157 e. The highest BCUT2D eigenvalue weighted by molar-refractivity contribution is 8.14. The van der Waals surface area contributed by atoms with Crippen molar-refractivity contribution in [1.29, 1.82) is 0 Å². The third kappa shape index (κ3) is 3.31. The van der Waals surface area contributed by atoms with E-state index in [9.17, 15) is 0 Å². The van der Waals surface area contributed by atoms with Crippen LogP contribution in [0.15, 0.2) is 35.3 Å². The van der Waals surface area contributed by atoms with Crippen molar-refractivity contribution < 1.29 is 0 Å².